The van der Waals surface area contributed by atoms with Gasteiger partial charge in [0.05, 0.1) is 44.5 Å². The maximum atomic E-state index is 14.2. The molecule has 0 bridgehead atoms. The van der Waals surface area contributed by atoms with Crippen LogP contribution in [-0.2, 0) is 56.0 Å². The van der Waals surface area contributed by atoms with E-state index < -0.39 is 195 Å². The molecule has 1 N–H and O–H groups in total. The van der Waals surface area contributed by atoms with E-state index in [4.69, 9.17) is 0 Å². The first-order chi connectivity index (χ1) is 35.1. The summed E-state index contributed by atoms with van der Waals surface area (Å²) in [7, 11) is 0. The summed E-state index contributed by atoms with van der Waals surface area (Å²) < 4.78 is 343. The van der Waals surface area contributed by atoms with Gasteiger partial charge in [0.1, 0.15) is 11.9 Å². The van der Waals surface area contributed by atoms with Gasteiger partial charge in [-0.25, -0.2) is 4.57 Å². The molecule has 0 aliphatic carbocycles. The summed E-state index contributed by atoms with van der Waals surface area (Å²) in [6, 6.07) is 13.0. The van der Waals surface area contributed by atoms with Crippen LogP contribution in [0.5, 0.6) is 5.75 Å². The van der Waals surface area contributed by atoms with E-state index in [1.807, 2.05) is 18.2 Å². The molecule has 1 aromatic heterocycles. The molecule has 410 valence electrons. The Hall–Kier alpha value is -7.35. The highest BCUT2D eigenvalue weighted by Crippen LogP contribution is 2.41. The average molecular weight is 1130 g/mol. The summed E-state index contributed by atoms with van der Waals surface area (Å²) in [5.74, 6) is 0.295. The van der Waals surface area contributed by atoms with E-state index in [1.54, 1.807) is 12.1 Å². The monoisotopic (exact) mass is 1130 g/mol. The van der Waals surface area contributed by atoms with Gasteiger partial charge in [0.25, 0.3) is 0 Å². The minimum absolute atomic E-state index is 0.295. The van der Waals surface area contributed by atoms with Crippen LogP contribution in [0.2, 0.25) is 0 Å². The number of hydrogen-bond acceptors (Lipinski definition) is 1. The Morgan fingerprint density at radius 2 is 0.532 bits per heavy atom. The fraction of sp³-hybridized carbons (Fsp3) is 0.180. The molecule has 0 saturated carbocycles. The minimum Gasteiger partial charge on any atom is -0.508 e. The molecule has 1 heterocycles. The number of nitrogens with zero attached hydrogens (tertiary/aromatic N) is 1. The van der Waals surface area contributed by atoms with Crippen LogP contribution in [0.3, 0.4) is 0 Å². The maximum absolute atomic E-state index is 14.2. The Bertz CT molecular complexity index is 2760. The Kier molecular flexibility index (Phi) is 15.7. The van der Waals surface area contributed by atoms with Gasteiger partial charge in [-0.05, 0) is 47.5 Å². The van der Waals surface area contributed by atoms with Crippen molar-refractivity contribution in [1.82, 2.24) is 0 Å². The summed E-state index contributed by atoms with van der Waals surface area (Å²) in [5, 5.41) is 9.31. The molecule has 0 unspecified atom stereocenters. The second kappa shape index (κ2) is 20.6. The molecule has 0 fully saturated rings. The lowest BCUT2D eigenvalue weighted by atomic mass is 9.12. The van der Waals surface area contributed by atoms with E-state index in [9.17, 15) is 110 Å². The molecule has 77 heavy (non-hydrogen) atoms. The largest absolute Gasteiger partial charge is 0.508 e. The summed E-state index contributed by atoms with van der Waals surface area (Å²) >= 11 is 0. The number of halogens is 24. The fourth-order valence-corrected chi connectivity index (χ4v) is 8.27. The topological polar surface area (TPSA) is 24.1 Å². The zero-order chi connectivity index (χ0) is 57.7. The van der Waals surface area contributed by atoms with Gasteiger partial charge < -0.3 is 5.11 Å². The van der Waals surface area contributed by atoms with Gasteiger partial charge >= 0.3 is 49.4 Å². The molecule has 0 saturated heterocycles. The van der Waals surface area contributed by atoms with Gasteiger partial charge in [-0.15, -0.1) is 0 Å². The van der Waals surface area contributed by atoms with Crippen molar-refractivity contribution in [2.75, 3.05) is 0 Å². The number of phenols is 1. The molecular weight excluding hydrogens is 1100 g/mol. The maximum Gasteiger partial charge on any atom is 0.416 e. The third-order valence-electron chi connectivity index (χ3n) is 11.7. The average Bonchev–Trinajstić information content (AvgIpc) is 3.30. The number of phenolic OH excluding ortho intramolecular Hbond substituents is 1. The van der Waals surface area contributed by atoms with Crippen molar-refractivity contribution < 1.29 is 115 Å². The Balaban J connectivity index is 0.000000397. The van der Waals surface area contributed by atoms with Crippen molar-refractivity contribution in [3.63, 3.8) is 0 Å². The van der Waals surface area contributed by atoms with Crippen LogP contribution in [-0.4, -0.2) is 11.3 Å². The first-order valence-electron chi connectivity index (χ1n) is 21.3. The number of benzene rings is 6. The first-order valence-corrected chi connectivity index (χ1v) is 21.3. The first kappa shape index (κ1) is 58.9. The molecular formula is C50H28BF24NO. The highest BCUT2D eigenvalue weighted by molar-refractivity contribution is 7.20. The van der Waals surface area contributed by atoms with E-state index in [2.05, 4.69) is 53.4 Å². The lowest BCUT2D eigenvalue weighted by molar-refractivity contribution is -0.688. The van der Waals surface area contributed by atoms with E-state index in [0.29, 0.717) is 5.75 Å². The highest BCUT2D eigenvalue weighted by Gasteiger charge is 2.47. The number of pyridine rings is 1. The lowest BCUT2D eigenvalue weighted by Gasteiger charge is -2.46. The molecule has 0 amide bonds. The Labute approximate surface area is 417 Å². The highest BCUT2D eigenvalue weighted by atomic mass is 19.4. The fourth-order valence-electron chi connectivity index (χ4n) is 8.27. The zero-order valence-corrected chi connectivity index (χ0v) is 37.7. The molecule has 0 aliphatic rings. The van der Waals surface area contributed by atoms with Gasteiger partial charge in [-0.2, -0.15) is 127 Å². The number of alkyl halides is 24. The molecule has 7 rings (SSSR count). The molecule has 0 aliphatic heterocycles. The second-order valence-electron chi connectivity index (χ2n) is 17.0. The number of aromatic hydroxyl groups is 1. The van der Waals surface area contributed by atoms with E-state index >= 15 is 0 Å². The number of aromatic nitrogens is 1. The molecule has 0 atom stereocenters. The quantitative estimate of drug-likeness (QED) is 0.0960. The van der Waals surface area contributed by atoms with E-state index in [0.717, 1.165) is 17.7 Å². The van der Waals surface area contributed by atoms with Gasteiger partial charge in [-0.1, -0.05) is 91.0 Å². The predicted octanol–water partition coefficient (Wildman–Crippen LogP) is 14.6. The van der Waals surface area contributed by atoms with Crippen LogP contribution < -0.4 is 26.4 Å². The van der Waals surface area contributed by atoms with Crippen molar-refractivity contribution in [2.45, 2.75) is 56.0 Å². The Morgan fingerprint density at radius 1 is 0.299 bits per heavy atom. The van der Waals surface area contributed by atoms with Crippen LogP contribution in [0.1, 0.15) is 50.1 Å². The smallest absolute Gasteiger partial charge is 0.416 e. The summed E-state index contributed by atoms with van der Waals surface area (Å²) in [4.78, 5) is 0. The van der Waals surface area contributed by atoms with Crippen LogP contribution >= 0.6 is 0 Å². The lowest BCUT2D eigenvalue weighted by Crippen LogP contribution is -2.75. The van der Waals surface area contributed by atoms with Crippen molar-refractivity contribution >= 4 is 28.0 Å². The van der Waals surface area contributed by atoms with Gasteiger partial charge in [-0.3, -0.25) is 0 Å². The van der Waals surface area contributed by atoms with Crippen LogP contribution in [0, 0.1) is 0 Å². The van der Waals surface area contributed by atoms with Crippen molar-refractivity contribution in [3.8, 4) is 16.9 Å². The Morgan fingerprint density at radius 3 is 0.766 bits per heavy atom. The third kappa shape index (κ3) is 13.8. The van der Waals surface area contributed by atoms with Crippen LogP contribution in [0.15, 0.2) is 152 Å². The summed E-state index contributed by atoms with van der Waals surface area (Å²) in [6.07, 6.45) is -50.6. The zero-order valence-electron chi connectivity index (χ0n) is 37.7. The SMILES string of the molecule is FC(F)(F)c1cc([B-](c2cc(C(F)(F)F)cc(C(F)(F)F)c2)(c2cc(C(F)(F)F)cc(C(F)(F)F)c2)c2cc(C(F)(F)F)cc(C(F)(F)F)c2)cc(C(F)(F)F)c1.Oc1ccc(-c2cc[n+](Cc3ccccc3)cc2)cc1. The second-order valence-corrected chi connectivity index (χ2v) is 17.0. The molecule has 2 nitrogen and oxygen atoms in total. The molecule has 7 aromatic rings. The molecule has 6 aromatic carbocycles. The summed E-state index contributed by atoms with van der Waals surface area (Å²) in [6.45, 7) is 0.872. The van der Waals surface area contributed by atoms with Crippen molar-refractivity contribution in [3.05, 3.63) is 202 Å². The standard InChI is InChI=1S/C32H12BF24.C18H15NO/c34-25(35,36)13-1-14(26(37,38)39)6-21(5-13)33(22-7-15(27(40,41)42)2-16(8-22)28(43,44)45,23-9-17(29(46,47)48)3-18(10-23)30(49,50)51)24-11-19(31(52,53)54)4-20(12-24)32(55,56)57;20-18-8-6-16(7-9-18)17-10-12-19(13-11-17)14-15-4-2-1-3-5-15/h1-12H;1-13H,14H2/q-1;/p+1. The predicted molar refractivity (Wildman–Crippen MR) is 229 cm³/mol. The van der Waals surface area contributed by atoms with Gasteiger partial charge in [0, 0.05) is 17.7 Å². The van der Waals surface area contributed by atoms with Crippen LogP contribution in [0.4, 0.5) is 105 Å². The van der Waals surface area contributed by atoms with E-state index in [-0.39, 0.29) is 0 Å². The molecule has 0 radical (unpaired) electrons. The minimum atomic E-state index is -6.13. The van der Waals surface area contributed by atoms with Gasteiger partial charge in [0.2, 0.25) is 0 Å². The third-order valence-corrected chi connectivity index (χ3v) is 11.7. The van der Waals surface area contributed by atoms with Gasteiger partial charge in [0.15, 0.2) is 18.9 Å². The normalized spacial score (nSPS) is 13.3. The van der Waals surface area contributed by atoms with E-state index in [1.165, 1.54) is 5.56 Å². The van der Waals surface area contributed by atoms with Crippen LogP contribution in [0.25, 0.3) is 11.1 Å². The molecule has 27 heteroatoms. The number of hydrogen-bond donors (Lipinski definition) is 1. The van der Waals surface area contributed by atoms with Crippen molar-refractivity contribution in [1.29, 1.82) is 0 Å². The molecule has 0 spiro atoms. The number of rotatable bonds is 7. The van der Waals surface area contributed by atoms with Crippen molar-refractivity contribution in [2.24, 2.45) is 0 Å². The summed E-state index contributed by atoms with van der Waals surface area (Å²) in [5.41, 5.74) is -26.7.